The molecule has 0 saturated heterocycles. The molecule has 0 radical (unpaired) electrons. The maximum atomic E-state index is 12.3. The molecule has 0 spiro atoms. The van der Waals surface area contributed by atoms with E-state index >= 15 is 0 Å². The molecule has 3 rings (SSSR count). The van der Waals surface area contributed by atoms with E-state index in [0.717, 1.165) is 37.5 Å². The fourth-order valence-corrected chi connectivity index (χ4v) is 2.97. The molecule has 8 heteroatoms. The minimum Gasteiger partial charge on any atom is -0.314 e. The smallest absolute Gasteiger partial charge is 0.242 e. The molecule has 2 aromatic rings. The van der Waals surface area contributed by atoms with E-state index in [1.54, 1.807) is 12.1 Å². The van der Waals surface area contributed by atoms with Crippen LogP contribution in [0, 0.1) is 0 Å². The van der Waals surface area contributed by atoms with Crippen LogP contribution in [0.2, 0.25) is 5.02 Å². The summed E-state index contributed by atoms with van der Waals surface area (Å²) in [5.74, 6) is 2.24. The number of halogens is 1. The van der Waals surface area contributed by atoms with Crippen LogP contribution in [0.4, 0.5) is 5.82 Å². The van der Waals surface area contributed by atoms with Crippen LogP contribution in [-0.2, 0) is 17.8 Å². The predicted molar refractivity (Wildman–Crippen MR) is 91.8 cm³/mol. The van der Waals surface area contributed by atoms with Gasteiger partial charge in [-0.15, -0.1) is 10.2 Å². The van der Waals surface area contributed by atoms with E-state index < -0.39 is 6.04 Å². The van der Waals surface area contributed by atoms with E-state index in [-0.39, 0.29) is 11.9 Å². The fourth-order valence-electron chi connectivity index (χ4n) is 2.86. The van der Waals surface area contributed by atoms with Crippen LogP contribution in [0.5, 0.6) is 0 Å². The van der Waals surface area contributed by atoms with Gasteiger partial charge >= 0.3 is 0 Å². The Balaban J connectivity index is 1.61. The monoisotopic (exact) mass is 348 g/mol. The minimum absolute atomic E-state index is 0.0664. The van der Waals surface area contributed by atoms with E-state index in [4.69, 9.17) is 11.6 Å². The predicted octanol–water partition coefficient (Wildman–Crippen LogP) is 2.34. The van der Waals surface area contributed by atoms with Gasteiger partial charge in [-0.25, -0.2) is 4.98 Å². The van der Waals surface area contributed by atoms with Crippen molar-refractivity contribution in [3.05, 3.63) is 35.0 Å². The lowest BCUT2D eigenvalue weighted by Gasteiger charge is -2.21. The number of fused-ring (bicyclic) bond motifs is 1. The maximum absolute atomic E-state index is 12.3. The largest absolute Gasteiger partial charge is 0.314 e. The number of nitrogens with zero attached hydrogens (tertiary/aromatic N) is 4. The second-order valence-corrected chi connectivity index (χ2v) is 6.48. The van der Waals surface area contributed by atoms with Gasteiger partial charge in [-0.2, -0.15) is 0 Å². The molecule has 7 nitrogen and oxygen atoms in total. The zero-order valence-corrected chi connectivity index (χ0v) is 14.5. The molecule has 1 aliphatic heterocycles. The third-order valence-corrected chi connectivity index (χ3v) is 4.37. The molecule has 2 N–H and O–H groups in total. The standard InChI is InChI=1S/C16H21ClN6O/c1-10(15-22-21-14-5-3-4-8-23(14)15)19-11(2)16(24)20-13-7-6-12(17)9-18-13/h6-7,9-11,19H,3-5,8H2,1-2H3,(H,18,20,24)/t10-,11+/m0/s1. The van der Waals surface area contributed by atoms with E-state index in [1.807, 2.05) is 13.8 Å². The average molecular weight is 349 g/mol. The minimum atomic E-state index is -0.394. The Morgan fingerprint density at radius 3 is 2.88 bits per heavy atom. The van der Waals surface area contributed by atoms with Crippen LogP contribution in [0.15, 0.2) is 18.3 Å². The summed E-state index contributed by atoms with van der Waals surface area (Å²) in [6, 6.07) is 2.90. The van der Waals surface area contributed by atoms with Crippen LogP contribution in [0.3, 0.4) is 0 Å². The number of amides is 1. The van der Waals surface area contributed by atoms with Crippen LogP contribution >= 0.6 is 11.6 Å². The quantitative estimate of drug-likeness (QED) is 0.866. The van der Waals surface area contributed by atoms with E-state index in [0.29, 0.717) is 10.8 Å². The summed E-state index contributed by atoms with van der Waals surface area (Å²) in [7, 11) is 0. The summed E-state index contributed by atoms with van der Waals surface area (Å²) in [5, 5.41) is 15.1. The van der Waals surface area contributed by atoms with Gasteiger partial charge in [-0.1, -0.05) is 11.6 Å². The lowest BCUT2D eigenvalue weighted by atomic mass is 10.1. The number of aromatic nitrogens is 4. The van der Waals surface area contributed by atoms with Crippen molar-refractivity contribution in [1.29, 1.82) is 0 Å². The molecule has 1 amide bonds. The number of carbonyl (C=O) groups is 1. The summed E-state index contributed by atoms with van der Waals surface area (Å²) >= 11 is 5.79. The molecule has 0 aliphatic carbocycles. The molecular formula is C16H21ClN6O. The molecule has 0 fully saturated rings. The maximum Gasteiger partial charge on any atom is 0.242 e. The second kappa shape index (κ2) is 7.27. The lowest BCUT2D eigenvalue weighted by Crippen LogP contribution is -2.40. The first kappa shape index (κ1) is 16.9. The van der Waals surface area contributed by atoms with Crippen LogP contribution in [0.25, 0.3) is 0 Å². The van der Waals surface area contributed by atoms with Crippen molar-refractivity contribution in [2.75, 3.05) is 5.32 Å². The number of hydrogen-bond acceptors (Lipinski definition) is 5. The van der Waals surface area contributed by atoms with Crippen molar-refractivity contribution in [2.24, 2.45) is 0 Å². The van der Waals surface area contributed by atoms with Crippen molar-refractivity contribution >= 4 is 23.3 Å². The van der Waals surface area contributed by atoms with Crippen molar-refractivity contribution in [1.82, 2.24) is 25.1 Å². The highest BCUT2D eigenvalue weighted by Gasteiger charge is 2.23. The number of nitrogens with one attached hydrogen (secondary N) is 2. The van der Waals surface area contributed by atoms with Crippen molar-refractivity contribution in [3.63, 3.8) is 0 Å². The highest BCUT2D eigenvalue weighted by Crippen LogP contribution is 2.19. The summed E-state index contributed by atoms with van der Waals surface area (Å²) in [4.78, 5) is 16.4. The van der Waals surface area contributed by atoms with Crippen molar-refractivity contribution in [2.45, 2.75) is 51.7 Å². The zero-order chi connectivity index (χ0) is 17.1. The van der Waals surface area contributed by atoms with Gasteiger partial charge in [0, 0.05) is 19.2 Å². The van der Waals surface area contributed by atoms with Crippen molar-refractivity contribution < 1.29 is 4.79 Å². The van der Waals surface area contributed by atoms with Gasteiger partial charge < -0.3 is 9.88 Å². The summed E-state index contributed by atoms with van der Waals surface area (Å²) in [5.41, 5.74) is 0. The highest BCUT2D eigenvalue weighted by atomic mass is 35.5. The Kier molecular flexibility index (Phi) is 5.11. The lowest BCUT2D eigenvalue weighted by molar-refractivity contribution is -0.118. The Hall–Kier alpha value is -1.99. The Bertz CT molecular complexity index is 714. The van der Waals surface area contributed by atoms with Gasteiger partial charge in [0.05, 0.1) is 17.1 Å². The summed E-state index contributed by atoms with van der Waals surface area (Å²) < 4.78 is 2.16. The number of anilines is 1. The molecule has 2 aromatic heterocycles. The number of pyridine rings is 1. The van der Waals surface area contributed by atoms with Crippen molar-refractivity contribution in [3.8, 4) is 0 Å². The Morgan fingerprint density at radius 1 is 1.29 bits per heavy atom. The van der Waals surface area contributed by atoms with Gasteiger partial charge in [0.25, 0.3) is 0 Å². The fraction of sp³-hybridized carbons (Fsp3) is 0.500. The molecule has 0 aromatic carbocycles. The van der Waals surface area contributed by atoms with Gasteiger partial charge in [0.2, 0.25) is 5.91 Å². The molecule has 24 heavy (non-hydrogen) atoms. The van der Waals surface area contributed by atoms with Gasteiger partial charge in [0.1, 0.15) is 17.5 Å². The van der Waals surface area contributed by atoms with E-state index in [9.17, 15) is 4.79 Å². The topological polar surface area (TPSA) is 84.7 Å². The molecular weight excluding hydrogens is 328 g/mol. The average Bonchev–Trinajstić information content (AvgIpc) is 3.01. The van der Waals surface area contributed by atoms with E-state index in [2.05, 4.69) is 30.4 Å². The summed E-state index contributed by atoms with van der Waals surface area (Å²) in [6.07, 6.45) is 4.77. The van der Waals surface area contributed by atoms with E-state index in [1.165, 1.54) is 6.20 Å². The van der Waals surface area contributed by atoms with Gasteiger partial charge in [-0.3, -0.25) is 10.1 Å². The SMILES string of the molecule is C[C@H](N[C@H](C)C(=O)Nc1ccc(Cl)cn1)c1nnc2n1CCCC2. The number of hydrogen-bond donors (Lipinski definition) is 2. The Morgan fingerprint density at radius 2 is 2.12 bits per heavy atom. The molecule has 0 saturated carbocycles. The number of carbonyl (C=O) groups excluding carboxylic acids is 1. The zero-order valence-electron chi connectivity index (χ0n) is 13.8. The molecule has 0 bridgehead atoms. The third-order valence-electron chi connectivity index (χ3n) is 4.15. The number of aryl methyl sites for hydroxylation is 1. The third kappa shape index (κ3) is 3.73. The second-order valence-electron chi connectivity index (χ2n) is 6.04. The Labute approximate surface area is 145 Å². The normalized spacial score (nSPS) is 16.3. The molecule has 1 aliphatic rings. The highest BCUT2D eigenvalue weighted by molar-refractivity contribution is 6.30. The molecule has 0 unspecified atom stereocenters. The first-order valence-electron chi connectivity index (χ1n) is 8.15. The summed E-state index contributed by atoms with van der Waals surface area (Å²) in [6.45, 7) is 4.75. The van der Waals surface area contributed by atoms with Crippen LogP contribution in [0.1, 0.15) is 44.4 Å². The molecule has 2 atom stereocenters. The molecule has 3 heterocycles. The van der Waals surface area contributed by atoms with Gasteiger partial charge in [-0.05, 0) is 38.8 Å². The first-order valence-corrected chi connectivity index (χ1v) is 8.53. The van der Waals surface area contributed by atoms with Crippen LogP contribution in [-0.4, -0.2) is 31.7 Å². The van der Waals surface area contributed by atoms with Gasteiger partial charge in [0.15, 0.2) is 0 Å². The first-order chi connectivity index (χ1) is 11.5. The number of rotatable bonds is 5. The van der Waals surface area contributed by atoms with Crippen LogP contribution < -0.4 is 10.6 Å². The molecule has 128 valence electrons.